The molecule has 2 rings (SSSR count). The molecule has 1 N–H and O–H groups in total. The SMILES string of the molecule is CCCC[C@@H](CC)CNC(=O)c1ccc(CN(c2cc(C)ccc2C)S(C)(=O)=O)cc1. The number of anilines is 1. The largest absolute Gasteiger partial charge is 0.352 e. The van der Waals surface area contributed by atoms with Crippen LogP contribution in [0.15, 0.2) is 42.5 Å². The second kappa shape index (κ2) is 11.3. The van der Waals surface area contributed by atoms with E-state index in [4.69, 9.17) is 0 Å². The van der Waals surface area contributed by atoms with Crippen molar-refractivity contribution >= 4 is 21.6 Å². The number of nitrogens with zero attached hydrogens (tertiary/aromatic N) is 1. The maximum Gasteiger partial charge on any atom is 0.251 e. The van der Waals surface area contributed by atoms with Crippen molar-refractivity contribution in [1.29, 1.82) is 0 Å². The van der Waals surface area contributed by atoms with Crippen molar-refractivity contribution in [3.8, 4) is 0 Å². The zero-order valence-electron chi connectivity index (χ0n) is 19.4. The van der Waals surface area contributed by atoms with Crippen LogP contribution in [0.1, 0.15) is 66.6 Å². The number of benzene rings is 2. The van der Waals surface area contributed by atoms with Crippen LogP contribution in [-0.4, -0.2) is 27.1 Å². The third kappa shape index (κ3) is 7.39. The molecular formula is C25H36N2O3S. The van der Waals surface area contributed by atoms with Gasteiger partial charge >= 0.3 is 0 Å². The van der Waals surface area contributed by atoms with Crippen LogP contribution in [0.2, 0.25) is 0 Å². The van der Waals surface area contributed by atoms with Gasteiger partial charge in [-0.25, -0.2) is 8.42 Å². The number of carbonyl (C=O) groups is 1. The zero-order valence-corrected chi connectivity index (χ0v) is 20.3. The van der Waals surface area contributed by atoms with E-state index in [0.29, 0.717) is 23.7 Å². The normalized spacial score (nSPS) is 12.4. The van der Waals surface area contributed by atoms with Gasteiger partial charge in [0.1, 0.15) is 0 Å². The molecular weight excluding hydrogens is 408 g/mol. The van der Waals surface area contributed by atoms with Crippen molar-refractivity contribution in [1.82, 2.24) is 5.32 Å². The van der Waals surface area contributed by atoms with Gasteiger partial charge in [0.15, 0.2) is 0 Å². The molecule has 31 heavy (non-hydrogen) atoms. The molecule has 0 heterocycles. The minimum atomic E-state index is -3.46. The van der Waals surface area contributed by atoms with Gasteiger partial charge in [-0.15, -0.1) is 0 Å². The van der Waals surface area contributed by atoms with Gasteiger partial charge in [-0.05, 0) is 61.1 Å². The number of nitrogens with one attached hydrogen (secondary N) is 1. The van der Waals surface area contributed by atoms with E-state index in [9.17, 15) is 13.2 Å². The number of carbonyl (C=O) groups excluding carboxylic acids is 1. The molecule has 5 nitrogen and oxygen atoms in total. The van der Waals surface area contributed by atoms with Crippen molar-refractivity contribution in [3.05, 3.63) is 64.7 Å². The Morgan fingerprint density at radius 3 is 2.32 bits per heavy atom. The van der Waals surface area contributed by atoms with Crippen LogP contribution in [0.5, 0.6) is 0 Å². The van der Waals surface area contributed by atoms with Gasteiger partial charge in [0.2, 0.25) is 10.0 Å². The number of hydrogen-bond acceptors (Lipinski definition) is 3. The fourth-order valence-electron chi connectivity index (χ4n) is 3.58. The van der Waals surface area contributed by atoms with E-state index in [1.54, 1.807) is 12.1 Å². The topological polar surface area (TPSA) is 66.5 Å². The number of unbranched alkanes of at least 4 members (excludes halogenated alkanes) is 1. The molecule has 0 bridgehead atoms. The molecule has 0 unspecified atom stereocenters. The first-order chi connectivity index (χ1) is 14.7. The number of rotatable bonds is 11. The molecule has 0 saturated heterocycles. The Morgan fingerprint density at radius 1 is 1.06 bits per heavy atom. The number of aryl methyl sites for hydroxylation is 2. The number of amides is 1. The maximum atomic E-state index is 12.5. The average molecular weight is 445 g/mol. The predicted molar refractivity (Wildman–Crippen MR) is 129 cm³/mol. The molecule has 1 atom stereocenters. The van der Waals surface area contributed by atoms with Crippen LogP contribution >= 0.6 is 0 Å². The monoisotopic (exact) mass is 444 g/mol. The summed E-state index contributed by atoms with van der Waals surface area (Å²) >= 11 is 0. The minimum Gasteiger partial charge on any atom is -0.352 e. The summed E-state index contributed by atoms with van der Waals surface area (Å²) in [5.74, 6) is 0.417. The van der Waals surface area contributed by atoms with E-state index in [-0.39, 0.29) is 12.5 Å². The predicted octanol–water partition coefficient (Wildman–Crippen LogP) is 5.22. The molecule has 0 fully saturated rings. The number of hydrogen-bond donors (Lipinski definition) is 1. The Balaban J connectivity index is 2.11. The van der Waals surface area contributed by atoms with Crippen molar-refractivity contribution < 1.29 is 13.2 Å². The van der Waals surface area contributed by atoms with E-state index in [0.717, 1.165) is 29.5 Å². The smallest absolute Gasteiger partial charge is 0.251 e. The lowest BCUT2D eigenvalue weighted by Crippen LogP contribution is -2.30. The molecule has 0 aliphatic heterocycles. The highest BCUT2D eigenvalue weighted by Crippen LogP contribution is 2.26. The van der Waals surface area contributed by atoms with E-state index >= 15 is 0 Å². The molecule has 0 radical (unpaired) electrons. The third-order valence-corrected chi connectivity index (χ3v) is 6.80. The first-order valence-electron chi connectivity index (χ1n) is 11.1. The Kier molecular flexibility index (Phi) is 9.11. The standard InChI is InChI=1S/C25H36N2O3S/c1-6-8-9-21(7-2)17-26-25(28)23-14-12-22(13-15-23)18-27(31(5,29)30)24-16-19(3)10-11-20(24)4/h10-16,21H,6-9,17-18H2,1-5H3,(H,26,28)/t21-/m1/s1. The third-order valence-electron chi connectivity index (χ3n) is 5.67. The highest BCUT2D eigenvalue weighted by Gasteiger charge is 2.20. The van der Waals surface area contributed by atoms with E-state index in [1.807, 2.05) is 44.2 Å². The number of sulfonamides is 1. The van der Waals surface area contributed by atoms with Crippen LogP contribution < -0.4 is 9.62 Å². The van der Waals surface area contributed by atoms with Gasteiger partial charge in [0.25, 0.3) is 5.91 Å². The van der Waals surface area contributed by atoms with Crippen LogP contribution in [0, 0.1) is 19.8 Å². The summed E-state index contributed by atoms with van der Waals surface area (Å²) in [5.41, 5.74) is 4.01. The van der Waals surface area contributed by atoms with Crippen LogP contribution in [0.4, 0.5) is 5.69 Å². The summed E-state index contributed by atoms with van der Waals surface area (Å²) in [5, 5.41) is 3.04. The highest BCUT2D eigenvalue weighted by atomic mass is 32.2. The average Bonchev–Trinajstić information content (AvgIpc) is 2.73. The summed E-state index contributed by atoms with van der Waals surface area (Å²) in [7, 11) is -3.46. The summed E-state index contributed by atoms with van der Waals surface area (Å²) in [6.45, 7) is 9.10. The second-order valence-electron chi connectivity index (χ2n) is 8.38. The fourth-order valence-corrected chi connectivity index (χ4v) is 4.52. The van der Waals surface area contributed by atoms with Gasteiger partial charge in [0, 0.05) is 12.1 Å². The minimum absolute atomic E-state index is 0.0870. The van der Waals surface area contributed by atoms with Gasteiger partial charge < -0.3 is 5.32 Å². The van der Waals surface area contributed by atoms with Crippen molar-refractivity contribution in [2.24, 2.45) is 5.92 Å². The van der Waals surface area contributed by atoms with E-state index in [2.05, 4.69) is 19.2 Å². The Bertz CT molecular complexity index is 969. The second-order valence-corrected chi connectivity index (χ2v) is 10.3. The molecule has 0 aromatic heterocycles. The van der Waals surface area contributed by atoms with Crippen molar-refractivity contribution in [3.63, 3.8) is 0 Å². The van der Waals surface area contributed by atoms with Gasteiger partial charge in [0.05, 0.1) is 18.5 Å². The van der Waals surface area contributed by atoms with Crippen molar-refractivity contribution in [2.75, 3.05) is 17.1 Å². The van der Waals surface area contributed by atoms with Crippen LogP contribution in [0.3, 0.4) is 0 Å². The van der Waals surface area contributed by atoms with E-state index in [1.165, 1.54) is 23.4 Å². The molecule has 6 heteroatoms. The molecule has 170 valence electrons. The van der Waals surface area contributed by atoms with Crippen LogP contribution in [-0.2, 0) is 16.6 Å². The molecule has 0 saturated carbocycles. The highest BCUT2D eigenvalue weighted by molar-refractivity contribution is 7.92. The van der Waals surface area contributed by atoms with Crippen LogP contribution in [0.25, 0.3) is 0 Å². The van der Waals surface area contributed by atoms with Crippen molar-refractivity contribution in [2.45, 2.75) is 59.9 Å². The Hall–Kier alpha value is -2.34. The summed E-state index contributed by atoms with van der Waals surface area (Å²) in [6, 6.07) is 13.0. The lowest BCUT2D eigenvalue weighted by Gasteiger charge is -2.25. The van der Waals surface area contributed by atoms with Gasteiger partial charge in [-0.3, -0.25) is 9.10 Å². The lowest BCUT2D eigenvalue weighted by molar-refractivity contribution is 0.0946. The molecule has 2 aromatic rings. The van der Waals surface area contributed by atoms with Gasteiger partial charge in [-0.1, -0.05) is 57.4 Å². The molecule has 0 spiro atoms. The van der Waals surface area contributed by atoms with Gasteiger partial charge in [-0.2, -0.15) is 0 Å². The summed E-state index contributed by atoms with van der Waals surface area (Å²) < 4.78 is 26.4. The fraction of sp³-hybridized carbons (Fsp3) is 0.480. The first-order valence-corrected chi connectivity index (χ1v) is 12.9. The quantitative estimate of drug-likeness (QED) is 0.517. The Morgan fingerprint density at radius 2 is 1.74 bits per heavy atom. The Labute approximate surface area is 187 Å². The molecule has 0 aliphatic rings. The maximum absolute atomic E-state index is 12.5. The molecule has 0 aliphatic carbocycles. The molecule has 2 aromatic carbocycles. The first kappa shape index (κ1) is 24.9. The summed E-state index contributed by atoms with van der Waals surface area (Å²) in [4.78, 5) is 12.5. The zero-order chi connectivity index (χ0) is 23.0. The van der Waals surface area contributed by atoms with E-state index < -0.39 is 10.0 Å². The summed E-state index contributed by atoms with van der Waals surface area (Å²) in [6.07, 6.45) is 5.75. The molecule has 1 amide bonds. The lowest BCUT2D eigenvalue weighted by atomic mass is 9.99.